The highest BCUT2D eigenvalue weighted by atomic mass is 32.2. The van der Waals surface area contributed by atoms with Crippen LogP contribution in [0.2, 0.25) is 0 Å². The summed E-state index contributed by atoms with van der Waals surface area (Å²) in [5, 5.41) is 11.6. The van der Waals surface area contributed by atoms with E-state index in [0.29, 0.717) is 27.9 Å². The first-order chi connectivity index (χ1) is 14.9. The van der Waals surface area contributed by atoms with Crippen LogP contribution in [0, 0.1) is 0 Å². The second-order valence-electron chi connectivity index (χ2n) is 6.64. The summed E-state index contributed by atoms with van der Waals surface area (Å²) in [4.78, 5) is 37.7. The van der Waals surface area contributed by atoms with Crippen molar-refractivity contribution in [2.24, 2.45) is 0 Å². The molecule has 7 nitrogen and oxygen atoms in total. The molecule has 2 aromatic carbocycles. The monoisotopic (exact) mass is 456 g/mol. The Hall–Kier alpha value is -3.17. The number of amides is 2. The number of thiocarbonyl (C=S) groups is 1. The summed E-state index contributed by atoms with van der Waals surface area (Å²) >= 11 is 6.57. The number of ether oxygens (including phenoxy) is 1. The molecule has 9 heteroatoms. The highest BCUT2D eigenvalue weighted by Crippen LogP contribution is 2.33. The molecule has 0 radical (unpaired) electrons. The molecule has 1 heterocycles. The van der Waals surface area contributed by atoms with Crippen LogP contribution in [0.1, 0.15) is 28.8 Å². The van der Waals surface area contributed by atoms with Crippen molar-refractivity contribution in [2.45, 2.75) is 12.8 Å². The quantitative estimate of drug-likeness (QED) is 0.458. The molecule has 1 saturated heterocycles. The number of benzene rings is 2. The molecule has 0 bridgehead atoms. The molecule has 3 rings (SSSR count). The standard InChI is InChI=1S/C22H20N2O5S2/c1-29-17-10-4-14(5-11-17)13-18-20(26)24(22(30)31-18)12-2-3-19(25)23-16-8-6-15(7-9-16)21(27)28/h4-11,13H,2-3,12H2,1H3,(H,23,25)(H,27,28)/b18-13-. The molecular formula is C22H20N2O5S2. The lowest BCUT2D eigenvalue weighted by Crippen LogP contribution is -2.29. The number of hydrogen-bond acceptors (Lipinski definition) is 6. The van der Waals surface area contributed by atoms with E-state index in [1.807, 2.05) is 24.3 Å². The van der Waals surface area contributed by atoms with Gasteiger partial charge < -0.3 is 15.2 Å². The third-order valence-electron chi connectivity index (χ3n) is 4.49. The number of hydrogen-bond donors (Lipinski definition) is 2. The maximum Gasteiger partial charge on any atom is 0.335 e. The van der Waals surface area contributed by atoms with Crippen LogP contribution in [0.5, 0.6) is 5.75 Å². The Morgan fingerprint density at radius 2 is 1.84 bits per heavy atom. The van der Waals surface area contributed by atoms with Gasteiger partial charge in [-0.05, 0) is 54.5 Å². The third kappa shape index (κ3) is 5.93. The summed E-state index contributed by atoms with van der Waals surface area (Å²) in [5.41, 5.74) is 1.53. The fourth-order valence-electron chi connectivity index (χ4n) is 2.86. The van der Waals surface area contributed by atoms with Gasteiger partial charge in [-0.2, -0.15) is 0 Å². The molecule has 1 fully saturated rings. The first-order valence-electron chi connectivity index (χ1n) is 9.40. The Balaban J connectivity index is 1.51. The number of methoxy groups -OCH3 is 1. The number of rotatable bonds is 8. The van der Waals surface area contributed by atoms with Gasteiger partial charge in [0.05, 0.1) is 17.6 Å². The number of carbonyl (C=O) groups excluding carboxylic acids is 2. The minimum Gasteiger partial charge on any atom is -0.497 e. The number of nitrogens with one attached hydrogen (secondary N) is 1. The Kier molecular flexibility index (Phi) is 7.43. The number of carbonyl (C=O) groups is 3. The molecule has 0 unspecified atom stereocenters. The molecule has 1 aliphatic rings. The predicted molar refractivity (Wildman–Crippen MR) is 124 cm³/mol. The van der Waals surface area contributed by atoms with Gasteiger partial charge in [-0.3, -0.25) is 14.5 Å². The topological polar surface area (TPSA) is 95.9 Å². The van der Waals surface area contributed by atoms with Gasteiger partial charge >= 0.3 is 5.97 Å². The van der Waals surface area contributed by atoms with Gasteiger partial charge in [0.25, 0.3) is 5.91 Å². The van der Waals surface area contributed by atoms with E-state index in [9.17, 15) is 14.4 Å². The van der Waals surface area contributed by atoms with Crippen molar-refractivity contribution in [2.75, 3.05) is 19.0 Å². The van der Waals surface area contributed by atoms with Gasteiger partial charge in [-0.1, -0.05) is 36.1 Å². The molecule has 2 aromatic rings. The molecule has 1 aliphatic heterocycles. The largest absolute Gasteiger partial charge is 0.497 e. The zero-order valence-corrected chi connectivity index (χ0v) is 18.3. The van der Waals surface area contributed by atoms with E-state index < -0.39 is 5.97 Å². The van der Waals surface area contributed by atoms with Crippen molar-refractivity contribution in [1.82, 2.24) is 4.90 Å². The van der Waals surface area contributed by atoms with Crippen molar-refractivity contribution >= 4 is 57.8 Å². The van der Waals surface area contributed by atoms with Crippen molar-refractivity contribution in [3.63, 3.8) is 0 Å². The summed E-state index contributed by atoms with van der Waals surface area (Å²) < 4.78 is 5.60. The number of carboxylic acid groups (broad SMARTS) is 1. The third-order valence-corrected chi connectivity index (χ3v) is 5.87. The van der Waals surface area contributed by atoms with Crippen molar-refractivity contribution in [3.05, 3.63) is 64.6 Å². The maximum atomic E-state index is 12.7. The number of nitrogens with zero attached hydrogens (tertiary/aromatic N) is 1. The van der Waals surface area contributed by atoms with Crippen LogP contribution in [-0.2, 0) is 9.59 Å². The highest BCUT2D eigenvalue weighted by molar-refractivity contribution is 8.26. The molecule has 2 N–H and O–H groups in total. The zero-order chi connectivity index (χ0) is 22.4. The summed E-state index contributed by atoms with van der Waals surface area (Å²) in [6.45, 7) is 0.343. The van der Waals surface area contributed by atoms with E-state index in [4.69, 9.17) is 22.1 Å². The van der Waals surface area contributed by atoms with Crippen LogP contribution in [0.3, 0.4) is 0 Å². The Morgan fingerprint density at radius 3 is 2.45 bits per heavy atom. The summed E-state index contributed by atoms with van der Waals surface area (Å²) in [7, 11) is 1.59. The van der Waals surface area contributed by atoms with E-state index in [-0.39, 0.29) is 23.8 Å². The molecule has 0 saturated carbocycles. The second-order valence-corrected chi connectivity index (χ2v) is 8.32. The summed E-state index contributed by atoms with van der Waals surface area (Å²) in [6, 6.07) is 13.3. The average Bonchev–Trinajstić information content (AvgIpc) is 3.02. The number of anilines is 1. The van der Waals surface area contributed by atoms with Gasteiger partial charge in [-0.15, -0.1) is 0 Å². The SMILES string of the molecule is COc1ccc(/C=C2\SC(=S)N(CCCC(=O)Nc3ccc(C(=O)O)cc3)C2=O)cc1. The molecular weight excluding hydrogens is 436 g/mol. The first-order valence-corrected chi connectivity index (χ1v) is 10.6. The van der Waals surface area contributed by atoms with E-state index >= 15 is 0 Å². The molecule has 0 aromatic heterocycles. The van der Waals surface area contributed by atoms with Crippen LogP contribution < -0.4 is 10.1 Å². The van der Waals surface area contributed by atoms with E-state index in [1.54, 1.807) is 13.2 Å². The predicted octanol–water partition coefficient (Wildman–Crippen LogP) is 4.01. The normalized spacial score (nSPS) is 14.7. The van der Waals surface area contributed by atoms with Crippen molar-refractivity contribution < 1.29 is 24.2 Å². The van der Waals surface area contributed by atoms with Crippen LogP contribution in [0.15, 0.2) is 53.4 Å². The lowest BCUT2D eigenvalue weighted by atomic mass is 10.2. The van der Waals surface area contributed by atoms with E-state index in [0.717, 1.165) is 11.3 Å². The van der Waals surface area contributed by atoms with Gasteiger partial charge in [0, 0.05) is 18.7 Å². The zero-order valence-electron chi connectivity index (χ0n) is 16.7. The van der Waals surface area contributed by atoms with Crippen LogP contribution in [-0.4, -0.2) is 45.8 Å². The molecule has 0 atom stereocenters. The Morgan fingerprint density at radius 1 is 1.16 bits per heavy atom. The fraction of sp³-hybridized carbons (Fsp3) is 0.182. The minimum absolute atomic E-state index is 0.148. The molecule has 0 aliphatic carbocycles. The van der Waals surface area contributed by atoms with E-state index in [2.05, 4.69) is 5.32 Å². The van der Waals surface area contributed by atoms with Crippen molar-refractivity contribution in [3.8, 4) is 5.75 Å². The number of carboxylic acids is 1. The highest BCUT2D eigenvalue weighted by Gasteiger charge is 2.31. The molecule has 0 spiro atoms. The Labute approximate surface area is 189 Å². The average molecular weight is 457 g/mol. The van der Waals surface area contributed by atoms with Gasteiger partial charge in [0.2, 0.25) is 5.91 Å². The van der Waals surface area contributed by atoms with E-state index in [1.165, 1.54) is 40.9 Å². The summed E-state index contributed by atoms with van der Waals surface area (Å²) in [6.07, 6.45) is 2.43. The van der Waals surface area contributed by atoms with Crippen molar-refractivity contribution in [1.29, 1.82) is 0 Å². The molecule has 2 amide bonds. The molecule has 160 valence electrons. The number of thioether (sulfide) groups is 1. The lowest BCUT2D eigenvalue weighted by molar-refractivity contribution is -0.122. The Bertz CT molecular complexity index is 1030. The van der Waals surface area contributed by atoms with Crippen LogP contribution in [0.4, 0.5) is 5.69 Å². The van der Waals surface area contributed by atoms with Crippen LogP contribution >= 0.6 is 24.0 Å². The summed E-state index contributed by atoms with van der Waals surface area (Å²) in [5.74, 6) is -0.680. The maximum absolute atomic E-state index is 12.7. The van der Waals surface area contributed by atoms with Gasteiger partial charge in [-0.25, -0.2) is 4.79 Å². The second kappa shape index (κ2) is 10.2. The van der Waals surface area contributed by atoms with Gasteiger partial charge in [0.15, 0.2) is 0 Å². The fourth-order valence-corrected chi connectivity index (χ4v) is 4.17. The smallest absolute Gasteiger partial charge is 0.335 e. The lowest BCUT2D eigenvalue weighted by Gasteiger charge is -2.14. The number of aromatic carboxylic acids is 1. The van der Waals surface area contributed by atoms with Crippen LogP contribution in [0.25, 0.3) is 6.08 Å². The first kappa shape index (κ1) is 22.5. The molecule has 31 heavy (non-hydrogen) atoms. The minimum atomic E-state index is -1.03. The van der Waals surface area contributed by atoms with Gasteiger partial charge in [0.1, 0.15) is 10.1 Å².